The summed E-state index contributed by atoms with van der Waals surface area (Å²) < 4.78 is 0. The Kier molecular flexibility index (Phi) is 2.74. The van der Waals surface area contributed by atoms with Crippen molar-refractivity contribution in [2.24, 2.45) is 0 Å². The summed E-state index contributed by atoms with van der Waals surface area (Å²) in [6.45, 7) is 1.95. The van der Waals surface area contributed by atoms with Crippen LogP contribution in [0.25, 0.3) is 0 Å². The highest BCUT2D eigenvalue weighted by atomic mass is 15.1. The second kappa shape index (κ2) is 4.37. The predicted octanol–water partition coefficient (Wildman–Crippen LogP) is 1.48. The fraction of sp³-hybridized carbons (Fsp3) is 0.667. The third-order valence-electron chi connectivity index (χ3n) is 3.50. The minimum atomic E-state index is 0.597. The zero-order valence-electron chi connectivity index (χ0n) is 9.50. The van der Waals surface area contributed by atoms with E-state index in [1.807, 2.05) is 6.20 Å². The van der Waals surface area contributed by atoms with Crippen molar-refractivity contribution in [3.05, 3.63) is 17.5 Å². The minimum Gasteiger partial charge on any atom is -0.351 e. The van der Waals surface area contributed by atoms with Gasteiger partial charge in [0.25, 0.3) is 0 Å². The van der Waals surface area contributed by atoms with Crippen molar-refractivity contribution in [2.75, 3.05) is 11.9 Å². The van der Waals surface area contributed by atoms with Gasteiger partial charge < -0.3 is 10.6 Å². The molecule has 2 N–H and O–H groups in total. The SMILES string of the molecule is c1nc(NC2CCCC2)nc2c1CNCC2. The van der Waals surface area contributed by atoms with Gasteiger partial charge in [0, 0.05) is 37.3 Å². The van der Waals surface area contributed by atoms with Gasteiger partial charge in [-0.1, -0.05) is 12.8 Å². The van der Waals surface area contributed by atoms with E-state index in [9.17, 15) is 0 Å². The van der Waals surface area contributed by atoms with Crippen molar-refractivity contribution in [2.45, 2.75) is 44.7 Å². The Morgan fingerprint density at radius 3 is 3.06 bits per heavy atom. The zero-order chi connectivity index (χ0) is 10.8. The third kappa shape index (κ3) is 2.02. The van der Waals surface area contributed by atoms with Crippen molar-refractivity contribution in [1.82, 2.24) is 15.3 Å². The second-order valence-corrected chi connectivity index (χ2v) is 4.72. The summed E-state index contributed by atoms with van der Waals surface area (Å²) in [5.41, 5.74) is 2.47. The first kappa shape index (κ1) is 10.0. The molecule has 0 radical (unpaired) electrons. The normalized spacial score (nSPS) is 20.8. The van der Waals surface area contributed by atoms with E-state index in [0.29, 0.717) is 6.04 Å². The molecule has 0 atom stereocenters. The molecule has 86 valence electrons. The van der Waals surface area contributed by atoms with E-state index in [-0.39, 0.29) is 0 Å². The number of hydrogen-bond acceptors (Lipinski definition) is 4. The quantitative estimate of drug-likeness (QED) is 0.789. The maximum atomic E-state index is 4.61. The molecule has 1 aliphatic carbocycles. The summed E-state index contributed by atoms with van der Waals surface area (Å²) in [7, 11) is 0. The van der Waals surface area contributed by atoms with Crippen molar-refractivity contribution < 1.29 is 0 Å². The molecule has 0 spiro atoms. The van der Waals surface area contributed by atoms with Crippen LogP contribution in [0.15, 0.2) is 6.20 Å². The molecule has 0 aromatic carbocycles. The predicted molar refractivity (Wildman–Crippen MR) is 63.3 cm³/mol. The Morgan fingerprint density at radius 2 is 2.19 bits per heavy atom. The molecule has 2 aliphatic rings. The van der Waals surface area contributed by atoms with Gasteiger partial charge in [-0.25, -0.2) is 9.97 Å². The van der Waals surface area contributed by atoms with Crippen LogP contribution in [0, 0.1) is 0 Å². The van der Waals surface area contributed by atoms with Crippen LogP contribution in [-0.2, 0) is 13.0 Å². The van der Waals surface area contributed by atoms with E-state index in [4.69, 9.17) is 0 Å². The molecule has 1 aromatic rings. The average Bonchev–Trinajstić information content (AvgIpc) is 2.82. The van der Waals surface area contributed by atoms with Crippen LogP contribution in [0.3, 0.4) is 0 Å². The Balaban J connectivity index is 1.74. The number of fused-ring (bicyclic) bond motifs is 1. The van der Waals surface area contributed by atoms with Gasteiger partial charge in [0.2, 0.25) is 5.95 Å². The van der Waals surface area contributed by atoms with Crippen LogP contribution in [0.2, 0.25) is 0 Å². The van der Waals surface area contributed by atoms with Crippen LogP contribution in [0.1, 0.15) is 36.9 Å². The first-order valence-corrected chi connectivity index (χ1v) is 6.24. The molecule has 0 amide bonds. The lowest BCUT2D eigenvalue weighted by molar-refractivity contribution is 0.624. The Hall–Kier alpha value is -1.16. The maximum absolute atomic E-state index is 4.61. The molecule has 0 unspecified atom stereocenters. The zero-order valence-corrected chi connectivity index (χ0v) is 9.50. The fourth-order valence-corrected chi connectivity index (χ4v) is 2.56. The van der Waals surface area contributed by atoms with Gasteiger partial charge in [0.15, 0.2) is 0 Å². The topological polar surface area (TPSA) is 49.8 Å². The Morgan fingerprint density at radius 1 is 1.31 bits per heavy atom. The van der Waals surface area contributed by atoms with E-state index < -0.39 is 0 Å². The van der Waals surface area contributed by atoms with Crippen LogP contribution in [-0.4, -0.2) is 22.6 Å². The van der Waals surface area contributed by atoms with Crippen molar-refractivity contribution in [3.8, 4) is 0 Å². The number of hydrogen-bond donors (Lipinski definition) is 2. The number of aromatic nitrogens is 2. The standard InChI is InChI=1S/C12H18N4/c1-2-4-10(3-1)15-12-14-8-9-7-13-6-5-11(9)16-12/h8,10,13H,1-7H2,(H,14,15,16). The van der Waals surface area contributed by atoms with Gasteiger partial charge in [-0.3, -0.25) is 0 Å². The van der Waals surface area contributed by atoms with E-state index in [1.165, 1.54) is 36.9 Å². The first-order chi connectivity index (χ1) is 7.92. The summed E-state index contributed by atoms with van der Waals surface area (Å²) in [6, 6.07) is 0.597. The monoisotopic (exact) mass is 218 g/mol. The lowest BCUT2D eigenvalue weighted by atomic mass is 10.1. The van der Waals surface area contributed by atoms with Gasteiger partial charge in [-0.05, 0) is 12.8 Å². The fourth-order valence-electron chi connectivity index (χ4n) is 2.56. The first-order valence-electron chi connectivity index (χ1n) is 6.24. The van der Waals surface area contributed by atoms with Crippen molar-refractivity contribution in [3.63, 3.8) is 0 Å². The third-order valence-corrected chi connectivity index (χ3v) is 3.50. The molecule has 4 heteroatoms. The van der Waals surface area contributed by atoms with E-state index in [2.05, 4.69) is 20.6 Å². The number of anilines is 1. The second-order valence-electron chi connectivity index (χ2n) is 4.72. The van der Waals surface area contributed by atoms with Crippen molar-refractivity contribution in [1.29, 1.82) is 0 Å². The van der Waals surface area contributed by atoms with Crippen molar-refractivity contribution >= 4 is 5.95 Å². The minimum absolute atomic E-state index is 0.597. The number of rotatable bonds is 2. The molecule has 16 heavy (non-hydrogen) atoms. The molecule has 0 saturated heterocycles. The molecule has 1 saturated carbocycles. The summed E-state index contributed by atoms with van der Waals surface area (Å²) >= 11 is 0. The molecule has 1 aliphatic heterocycles. The molecule has 1 fully saturated rings. The lowest BCUT2D eigenvalue weighted by Gasteiger charge is -2.18. The van der Waals surface area contributed by atoms with Crippen LogP contribution < -0.4 is 10.6 Å². The van der Waals surface area contributed by atoms with Crippen LogP contribution >= 0.6 is 0 Å². The van der Waals surface area contributed by atoms with Gasteiger partial charge in [0.05, 0.1) is 5.69 Å². The van der Waals surface area contributed by atoms with E-state index >= 15 is 0 Å². The van der Waals surface area contributed by atoms with Gasteiger partial charge in [0.1, 0.15) is 0 Å². The highest BCUT2D eigenvalue weighted by Gasteiger charge is 2.17. The molecule has 3 rings (SSSR count). The smallest absolute Gasteiger partial charge is 0.223 e. The molecule has 1 aromatic heterocycles. The molecule has 2 heterocycles. The molecular weight excluding hydrogens is 200 g/mol. The summed E-state index contributed by atoms with van der Waals surface area (Å²) in [6.07, 6.45) is 8.20. The summed E-state index contributed by atoms with van der Waals surface area (Å²) in [4.78, 5) is 9.01. The summed E-state index contributed by atoms with van der Waals surface area (Å²) in [5.74, 6) is 0.826. The van der Waals surface area contributed by atoms with Gasteiger partial charge in [-0.15, -0.1) is 0 Å². The maximum Gasteiger partial charge on any atom is 0.223 e. The highest BCUT2D eigenvalue weighted by molar-refractivity contribution is 5.32. The Labute approximate surface area is 95.9 Å². The number of nitrogens with one attached hydrogen (secondary N) is 2. The largest absolute Gasteiger partial charge is 0.351 e. The van der Waals surface area contributed by atoms with Gasteiger partial charge >= 0.3 is 0 Å². The number of nitrogens with zero attached hydrogens (tertiary/aromatic N) is 2. The molecular formula is C12H18N4. The van der Waals surface area contributed by atoms with E-state index in [0.717, 1.165) is 25.5 Å². The van der Waals surface area contributed by atoms with Gasteiger partial charge in [-0.2, -0.15) is 0 Å². The van der Waals surface area contributed by atoms with Crippen LogP contribution in [0.5, 0.6) is 0 Å². The highest BCUT2D eigenvalue weighted by Crippen LogP contribution is 2.21. The average molecular weight is 218 g/mol. The van der Waals surface area contributed by atoms with E-state index in [1.54, 1.807) is 0 Å². The molecule has 4 nitrogen and oxygen atoms in total. The lowest BCUT2D eigenvalue weighted by Crippen LogP contribution is -2.26. The molecule has 0 bridgehead atoms. The van der Waals surface area contributed by atoms with Crippen LogP contribution in [0.4, 0.5) is 5.95 Å². The summed E-state index contributed by atoms with van der Waals surface area (Å²) in [5, 5.41) is 6.78. The Bertz CT molecular complexity index is 371.